The molecule has 5 aliphatic rings. The van der Waals surface area contributed by atoms with Crippen LogP contribution in [-0.2, 0) is 19.0 Å². The van der Waals surface area contributed by atoms with E-state index in [0.29, 0.717) is 23.7 Å². The second-order valence-corrected chi connectivity index (χ2v) is 21.4. The van der Waals surface area contributed by atoms with Crippen LogP contribution in [0.15, 0.2) is 23.8 Å². The van der Waals surface area contributed by atoms with Gasteiger partial charge in [-0.15, -0.1) is 0 Å². The number of aliphatic hydroxyl groups is 3. The van der Waals surface area contributed by atoms with E-state index < -0.39 is 30.7 Å². The number of rotatable bonds is 26. The van der Waals surface area contributed by atoms with Gasteiger partial charge in [-0.25, -0.2) is 0 Å². The van der Waals surface area contributed by atoms with E-state index in [1.165, 1.54) is 133 Å². The Labute approximate surface area is 367 Å². The summed E-state index contributed by atoms with van der Waals surface area (Å²) < 4.78 is 18.0. The average Bonchev–Trinajstić information content (AvgIpc) is 3.59. The van der Waals surface area contributed by atoms with E-state index in [4.69, 9.17) is 14.2 Å². The van der Waals surface area contributed by atoms with Gasteiger partial charge < -0.3 is 29.5 Å². The van der Waals surface area contributed by atoms with Crippen LogP contribution < -0.4 is 0 Å². The monoisotopic (exact) mass is 841 g/mol. The molecule has 0 bridgehead atoms. The summed E-state index contributed by atoms with van der Waals surface area (Å²) in [6, 6.07) is 0. The lowest BCUT2D eigenvalue weighted by atomic mass is 9.47. The van der Waals surface area contributed by atoms with E-state index >= 15 is 0 Å². The molecule has 7 nitrogen and oxygen atoms in total. The number of ether oxygens (including phenoxy) is 3. The van der Waals surface area contributed by atoms with Crippen LogP contribution in [0.5, 0.6) is 0 Å². The molecule has 60 heavy (non-hydrogen) atoms. The summed E-state index contributed by atoms with van der Waals surface area (Å²) in [5, 5.41) is 32.5. The van der Waals surface area contributed by atoms with Crippen LogP contribution in [0, 0.1) is 46.3 Å². The lowest BCUT2D eigenvalue weighted by Gasteiger charge is -2.58. The van der Waals surface area contributed by atoms with Crippen LogP contribution in [-0.4, -0.2) is 64.7 Å². The van der Waals surface area contributed by atoms with Crippen molar-refractivity contribution in [3.05, 3.63) is 23.8 Å². The number of esters is 1. The molecule has 7 heteroatoms. The molecular formula is C53H92O7. The molecule has 1 heterocycles. The van der Waals surface area contributed by atoms with Crippen molar-refractivity contribution in [2.24, 2.45) is 46.3 Å². The Bertz CT molecular complexity index is 1330. The zero-order chi connectivity index (χ0) is 43.3. The number of carbonyl (C=O) groups is 1. The topological polar surface area (TPSA) is 105 Å². The summed E-state index contributed by atoms with van der Waals surface area (Å²) >= 11 is 0. The molecule has 4 aliphatic carbocycles. The Hall–Kier alpha value is -1.25. The predicted molar refractivity (Wildman–Crippen MR) is 244 cm³/mol. The number of fused-ring (bicyclic) bond motifs is 5. The minimum absolute atomic E-state index is 0.145. The first-order valence-electron chi connectivity index (χ1n) is 25.7. The molecule has 0 aromatic heterocycles. The quantitative estimate of drug-likeness (QED) is 0.0452. The highest BCUT2D eigenvalue weighted by molar-refractivity contribution is 5.69. The van der Waals surface area contributed by atoms with Gasteiger partial charge in [0.1, 0.15) is 31.0 Å². The van der Waals surface area contributed by atoms with Crippen molar-refractivity contribution >= 4 is 5.97 Å². The van der Waals surface area contributed by atoms with Crippen molar-refractivity contribution < 1.29 is 34.3 Å². The van der Waals surface area contributed by atoms with Crippen molar-refractivity contribution in [3.63, 3.8) is 0 Å². The number of aliphatic hydroxyl groups excluding tert-OH is 3. The Morgan fingerprint density at radius 3 is 2.07 bits per heavy atom. The zero-order valence-corrected chi connectivity index (χ0v) is 39.5. The number of hydrogen-bond acceptors (Lipinski definition) is 7. The molecule has 3 N–H and O–H groups in total. The maximum atomic E-state index is 12.6. The van der Waals surface area contributed by atoms with Gasteiger partial charge >= 0.3 is 5.97 Å². The van der Waals surface area contributed by atoms with Crippen LogP contribution in [0.3, 0.4) is 0 Å². The van der Waals surface area contributed by atoms with Gasteiger partial charge in [-0.2, -0.15) is 0 Å². The predicted octanol–water partition coefficient (Wildman–Crippen LogP) is 12.6. The van der Waals surface area contributed by atoms with Crippen LogP contribution in [0.25, 0.3) is 0 Å². The molecule has 346 valence electrons. The number of unbranched alkanes of at least 4 members (excludes halogenated alkanes) is 14. The molecule has 1 aliphatic heterocycles. The van der Waals surface area contributed by atoms with Gasteiger partial charge in [0, 0.05) is 6.42 Å². The van der Waals surface area contributed by atoms with Crippen LogP contribution in [0.4, 0.5) is 0 Å². The van der Waals surface area contributed by atoms with Crippen LogP contribution in [0.2, 0.25) is 0 Å². The highest BCUT2D eigenvalue weighted by Crippen LogP contribution is 2.67. The fraction of sp³-hybridized carbons (Fsp3) is 0.906. The third-order valence-corrected chi connectivity index (χ3v) is 17.4. The first-order chi connectivity index (χ1) is 28.8. The third kappa shape index (κ3) is 12.7. The van der Waals surface area contributed by atoms with Gasteiger partial charge in [0.2, 0.25) is 0 Å². The summed E-state index contributed by atoms with van der Waals surface area (Å²) in [7, 11) is 0. The first-order valence-corrected chi connectivity index (χ1v) is 25.7. The molecule has 0 aromatic rings. The average molecular weight is 841 g/mol. The van der Waals surface area contributed by atoms with E-state index in [-0.39, 0.29) is 24.1 Å². The highest BCUT2D eigenvalue weighted by Gasteiger charge is 2.59. The molecule has 0 radical (unpaired) electrons. The normalized spacial score (nSPS) is 36.1. The number of hydrogen-bond donors (Lipinski definition) is 3. The van der Waals surface area contributed by atoms with E-state index in [2.05, 4.69) is 54.2 Å². The second-order valence-electron chi connectivity index (χ2n) is 21.4. The second kappa shape index (κ2) is 24.2. The molecule has 3 saturated carbocycles. The number of allylic oxidation sites excluding steroid dienone is 2. The van der Waals surface area contributed by atoms with Crippen molar-refractivity contribution in [1.82, 2.24) is 0 Å². The van der Waals surface area contributed by atoms with Crippen molar-refractivity contribution in [1.29, 1.82) is 0 Å². The van der Waals surface area contributed by atoms with Crippen LogP contribution in [0.1, 0.15) is 215 Å². The Kier molecular flexibility index (Phi) is 20.0. The van der Waals surface area contributed by atoms with E-state index in [1.54, 1.807) is 0 Å². The smallest absolute Gasteiger partial charge is 0.305 e. The fourth-order valence-corrected chi connectivity index (χ4v) is 13.4. The molecule has 0 aromatic carbocycles. The molecule has 1 saturated heterocycles. The van der Waals surface area contributed by atoms with E-state index in [1.807, 2.05) is 0 Å². The largest absolute Gasteiger partial charge is 0.463 e. The van der Waals surface area contributed by atoms with Crippen molar-refractivity contribution in [3.8, 4) is 0 Å². The summed E-state index contributed by atoms with van der Waals surface area (Å²) in [5.41, 5.74) is 3.44. The summed E-state index contributed by atoms with van der Waals surface area (Å²) in [4.78, 5) is 12.6. The Morgan fingerprint density at radius 2 is 1.45 bits per heavy atom. The molecule has 5 rings (SSSR count). The van der Waals surface area contributed by atoms with E-state index in [9.17, 15) is 20.1 Å². The summed E-state index contributed by atoms with van der Waals surface area (Å²) in [6.45, 7) is 18.6. The molecule has 4 fully saturated rings. The lowest BCUT2D eigenvalue weighted by Crippen LogP contribution is -2.60. The first kappa shape index (κ1) is 49.8. The standard InChI is InChI=1S/C53H92O7/c1-8-10-11-12-13-14-15-16-17-18-19-20-21-22-23-24-47(54)58-36-46-48(55)49(56)50(57)51(60-46)59-41-31-33-52(6)40(35-41)27-28-42-44-30-29-43(53(44,7)34-32-45(42)52)38(5)25-26-39(9-2)37(3)4/h27,38-39,41-46,48-51,55-57H,3,8-26,28-36H2,1-2,4-7H3/t38-,39+,41?,42?,43-,44?,45?,46-,48-,49+,50-,51-,52+,53-/m1/s1. The van der Waals surface area contributed by atoms with Gasteiger partial charge in [-0.3, -0.25) is 4.79 Å². The van der Waals surface area contributed by atoms with Crippen molar-refractivity contribution in [2.45, 2.75) is 252 Å². The van der Waals surface area contributed by atoms with Crippen molar-refractivity contribution in [2.75, 3.05) is 6.61 Å². The Morgan fingerprint density at radius 1 is 0.817 bits per heavy atom. The molecule has 14 atom stereocenters. The fourth-order valence-electron chi connectivity index (χ4n) is 13.4. The van der Waals surface area contributed by atoms with Gasteiger partial charge in [0.25, 0.3) is 0 Å². The molecule has 0 amide bonds. The summed E-state index contributed by atoms with van der Waals surface area (Å²) in [6.07, 6.45) is 28.6. The van der Waals surface area contributed by atoms with Gasteiger partial charge in [0.15, 0.2) is 6.29 Å². The summed E-state index contributed by atoms with van der Waals surface area (Å²) in [5.74, 6) is 4.15. The maximum absolute atomic E-state index is 12.6. The molecule has 4 unspecified atom stereocenters. The minimum atomic E-state index is -1.44. The van der Waals surface area contributed by atoms with Gasteiger partial charge in [0.05, 0.1) is 6.10 Å². The lowest BCUT2D eigenvalue weighted by molar-refractivity contribution is -0.313. The minimum Gasteiger partial charge on any atom is -0.463 e. The molecular weight excluding hydrogens is 749 g/mol. The Balaban J connectivity index is 1.01. The van der Waals surface area contributed by atoms with Crippen LogP contribution >= 0.6 is 0 Å². The zero-order valence-electron chi connectivity index (χ0n) is 39.5. The van der Waals surface area contributed by atoms with E-state index in [0.717, 1.165) is 68.6 Å². The highest BCUT2D eigenvalue weighted by atomic mass is 16.7. The number of carbonyl (C=O) groups excluding carboxylic acids is 1. The SMILES string of the molecule is C=C(C)[C@@H](CC)CC[C@@H](C)[C@H]1CCC2C3CC=C4CC(O[C@@H]5O[C@H](COC(=O)CCCCCCCCCCCCCCCCC)[C@@H](O)[C@H](O)[C@H]5O)CC[C@]4(C)C3CC[C@@]21C. The maximum Gasteiger partial charge on any atom is 0.305 e. The third-order valence-electron chi connectivity index (χ3n) is 17.4. The van der Waals surface area contributed by atoms with Gasteiger partial charge in [-0.05, 0) is 130 Å². The molecule has 0 spiro atoms. The van der Waals surface area contributed by atoms with Gasteiger partial charge in [-0.1, -0.05) is 148 Å².